The minimum atomic E-state index is -4.57. The molecule has 0 spiro atoms. The molecule has 0 aliphatic heterocycles. The van der Waals surface area contributed by atoms with Gasteiger partial charge in [-0.1, -0.05) is 30.3 Å². The number of carboxylic acids is 1. The smallest absolute Gasteiger partial charge is 0.416 e. The van der Waals surface area contributed by atoms with Gasteiger partial charge >= 0.3 is 12.1 Å². The maximum absolute atomic E-state index is 12.7. The maximum Gasteiger partial charge on any atom is 0.416 e. The molecule has 0 aliphatic carbocycles. The van der Waals surface area contributed by atoms with Gasteiger partial charge in [0.05, 0.1) is 16.2 Å². The van der Waals surface area contributed by atoms with E-state index in [1.165, 1.54) is 6.07 Å². The Bertz CT molecular complexity index is 1100. The van der Waals surface area contributed by atoms with Crippen LogP contribution in [0, 0.1) is 0 Å². The van der Waals surface area contributed by atoms with Gasteiger partial charge in [-0.3, -0.25) is 0 Å². The molecule has 2 aromatic carbocycles. The SMILES string of the molecule is O=C(O)c1sc(-c2ccccc2)cc1CS(=O)(=O)c1ccc(C(F)(F)F)cc1. The normalized spacial score (nSPS) is 12.1. The van der Waals surface area contributed by atoms with Crippen molar-refractivity contribution in [3.8, 4) is 10.4 Å². The quantitative estimate of drug-likeness (QED) is 0.616. The van der Waals surface area contributed by atoms with E-state index in [1.54, 1.807) is 30.3 Å². The van der Waals surface area contributed by atoms with Gasteiger partial charge in [-0.15, -0.1) is 11.3 Å². The topological polar surface area (TPSA) is 71.4 Å². The Morgan fingerprint density at radius 3 is 2.14 bits per heavy atom. The number of halogens is 3. The molecular formula is C19H13F3O4S2. The van der Waals surface area contributed by atoms with E-state index >= 15 is 0 Å². The van der Waals surface area contributed by atoms with Crippen LogP contribution < -0.4 is 0 Å². The number of carboxylic acid groups (broad SMARTS) is 1. The van der Waals surface area contributed by atoms with Crippen molar-refractivity contribution in [1.29, 1.82) is 0 Å². The number of rotatable bonds is 5. The highest BCUT2D eigenvalue weighted by atomic mass is 32.2. The molecule has 3 rings (SSSR count). The van der Waals surface area contributed by atoms with Crippen molar-refractivity contribution < 1.29 is 31.5 Å². The Labute approximate surface area is 162 Å². The molecule has 0 unspecified atom stereocenters. The van der Waals surface area contributed by atoms with Crippen LogP contribution in [0.3, 0.4) is 0 Å². The zero-order valence-electron chi connectivity index (χ0n) is 14.1. The summed E-state index contributed by atoms with van der Waals surface area (Å²) >= 11 is 0.950. The fourth-order valence-corrected chi connectivity index (χ4v) is 5.07. The summed E-state index contributed by atoms with van der Waals surface area (Å²) in [4.78, 5) is 11.7. The van der Waals surface area contributed by atoms with E-state index in [4.69, 9.17) is 0 Å². The monoisotopic (exact) mass is 426 g/mol. The molecule has 4 nitrogen and oxygen atoms in total. The minimum absolute atomic E-state index is 0.0938. The van der Waals surface area contributed by atoms with E-state index < -0.39 is 33.3 Å². The molecule has 3 aromatic rings. The molecular weight excluding hydrogens is 413 g/mol. The highest BCUT2D eigenvalue weighted by Crippen LogP contribution is 2.34. The fourth-order valence-electron chi connectivity index (χ4n) is 2.60. The summed E-state index contributed by atoms with van der Waals surface area (Å²) < 4.78 is 63.2. The second-order valence-electron chi connectivity index (χ2n) is 5.92. The summed E-state index contributed by atoms with van der Waals surface area (Å²) in [6, 6.07) is 13.5. The zero-order chi connectivity index (χ0) is 20.5. The van der Waals surface area contributed by atoms with E-state index in [1.807, 2.05) is 0 Å². The van der Waals surface area contributed by atoms with Gasteiger partial charge in [0, 0.05) is 4.88 Å². The maximum atomic E-state index is 12.7. The first-order chi connectivity index (χ1) is 13.1. The van der Waals surface area contributed by atoms with E-state index in [9.17, 15) is 31.5 Å². The third-order valence-corrected chi connectivity index (χ3v) is 6.84. The van der Waals surface area contributed by atoms with Gasteiger partial charge in [0.25, 0.3) is 0 Å². The second-order valence-corrected chi connectivity index (χ2v) is 8.96. The number of hydrogen-bond donors (Lipinski definition) is 1. The standard InChI is InChI=1S/C19H13F3O4S2/c20-19(21,22)14-6-8-15(9-7-14)28(25,26)11-13-10-16(27-17(13)18(23)24)12-4-2-1-3-5-12/h1-10H,11H2,(H,23,24). The summed E-state index contributed by atoms with van der Waals surface area (Å²) in [5, 5.41) is 9.41. The molecule has 0 fully saturated rings. The van der Waals surface area contributed by atoms with Gasteiger partial charge in [0.2, 0.25) is 0 Å². The van der Waals surface area contributed by atoms with Crippen LogP contribution in [0.15, 0.2) is 65.6 Å². The Morgan fingerprint density at radius 1 is 1.00 bits per heavy atom. The van der Waals surface area contributed by atoms with E-state index in [-0.39, 0.29) is 15.3 Å². The van der Waals surface area contributed by atoms with Crippen LogP contribution in [0.25, 0.3) is 10.4 Å². The lowest BCUT2D eigenvalue weighted by molar-refractivity contribution is -0.137. The third-order valence-electron chi connectivity index (χ3n) is 3.95. The van der Waals surface area contributed by atoms with E-state index in [0.717, 1.165) is 29.0 Å². The minimum Gasteiger partial charge on any atom is -0.477 e. The van der Waals surface area contributed by atoms with Crippen LogP contribution in [0.1, 0.15) is 20.8 Å². The van der Waals surface area contributed by atoms with Crippen LogP contribution in [-0.4, -0.2) is 19.5 Å². The van der Waals surface area contributed by atoms with Crippen molar-refractivity contribution in [3.05, 3.63) is 76.7 Å². The van der Waals surface area contributed by atoms with Crippen LogP contribution in [-0.2, 0) is 21.8 Å². The Hall–Kier alpha value is -2.65. The first kappa shape index (κ1) is 20.1. The molecule has 0 saturated heterocycles. The molecule has 1 heterocycles. The number of sulfone groups is 1. The zero-order valence-corrected chi connectivity index (χ0v) is 15.7. The first-order valence-corrected chi connectivity index (χ1v) is 10.4. The Morgan fingerprint density at radius 2 is 1.61 bits per heavy atom. The predicted molar refractivity (Wildman–Crippen MR) is 99.0 cm³/mol. The molecule has 9 heteroatoms. The highest BCUT2D eigenvalue weighted by molar-refractivity contribution is 7.90. The third kappa shape index (κ3) is 4.26. The summed E-state index contributed by atoms with van der Waals surface area (Å²) in [6.45, 7) is 0. The highest BCUT2D eigenvalue weighted by Gasteiger charge is 2.31. The average molecular weight is 426 g/mol. The summed E-state index contributed by atoms with van der Waals surface area (Å²) in [6.07, 6.45) is -4.57. The number of thiophene rings is 1. The number of carbonyl (C=O) groups is 1. The van der Waals surface area contributed by atoms with Crippen molar-refractivity contribution >= 4 is 27.1 Å². The molecule has 0 saturated carbocycles. The molecule has 1 aromatic heterocycles. The molecule has 0 radical (unpaired) electrons. The molecule has 1 N–H and O–H groups in total. The summed E-state index contributed by atoms with van der Waals surface area (Å²) in [5.74, 6) is -1.88. The van der Waals surface area contributed by atoms with Crippen LogP contribution in [0.2, 0.25) is 0 Å². The predicted octanol–water partition coefficient (Wildman–Crippen LogP) is 5.11. The number of hydrogen-bond acceptors (Lipinski definition) is 4. The van der Waals surface area contributed by atoms with Crippen LogP contribution in [0.5, 0.6) is 0 Å². The number of alkyl halides is 3. The lowest BCUT2D eigenvalue weighted by atomic mass is 10.1. The van der Waals surface area contributed by atoms with Gasteiger partial charge in [0.15, 0.2) is 9.84 Å². The number of aromatic carboxylic acids is 1. The van der Waals surface area contributed by atoms with Gasteiger partial charge in [0.1, 0.15) is 4.88 Å². The van der Waals surface area contributed by atoms with Crippen molar-refractivity contribution in [3.63, 3.8) is 0 Å². The average Bonchev–Trinajstić information content (AvgIpc) is 3.05. The molecule has 0 aliphatic rings. The van der Waals surface area contributed by atoms with E-state index in [0.29, 0.717) is 17.0 Å². The van der Waals surface area contributed by atoms with Crippen molar-refractivity contribution in [2.45, 2.75) is 16.8 Å². The van der Waals surface area contributed by atoms with E-state index in [2.05, 4.69) is 0 Å². The molecule has 146 valence electrons. The lowest BCUT2D eigenvalue weighted by Crippen LogP contribution is -2.09. The fraction of sp³-hybridized carbons (Fsp3) is 0.105. The Kier molecular flexibility index (Phi) is 5.31. The summed E-state index contributed by atoms with van der Waals surface area (Å²) in [5.41, 5.74) is -0.121. The summed E-state index contributed by atoms with van der Waals surface area (Å²) in [7, 11) is -4.02. The van der Waals surface area contributed by atoms with Crippen molar-refractivity contribution in [2.24, 2.45) is 0 Å². The molecule has 28 heavy (non-hydrogen) atoms. The van der Waals surface area contributed by atoms with Gasteiger partial charge < -0.3 is 5.11 Å². The second kappa shape index (κ2) is 7.40. The molecule has 0 atom stereocenters. The van der Waals surface area contributed by atoms with Gasteiger partial charge in [-0.05, 0) is 41.5 Å². The molecule has 0 bridgehead atoms. The van der Waals surface area contributed by atoms with Crippen molar-refractivity contribution in [2.75, 3.05) is 0 Å². The molecule has 0 amide bonds. The largest absolute Gasteiger partial charge is 0.477 e. The van der Waals surface area contributed by atoms with Crippen LogP contribution in [0.4, 0.5) is 13.2 Å². The van der Waals surface area contributed by atoms with Gasteiger partial charge in [-0.25, -0.2) is 13.2 Å². The van der Waals surface area contributed by atoms with Crippen molar-refractivity contribution in [1.82, 2.24) is 0 Å². The van der Waals surface area contributed by atoms with Crippen LogP contribution >= 0.6 is 11.3 Å². The number of benzene rings is 2. The Balaban J connectivity index is 1.96. The van der Waals surface area contributed by atoms with Gasteiger partial charge in [-0.2, -0.15) is 13.2 Å². The lowest BCUT2D eigenvalue weighted by Gasteiger charge is -2.08. The first-order valence-electron chi connectivity index (χ1n) is 7.89.